The number of hydrogen-bond acceptors (Lipinski definition) is 3. The average Bonchev–Trinajstić information content (AvgIpc) is 2.31. The van der Waals surface area contributed by atoms with Crippen molar-refractivity contribution in [3.8, 4) is 0 Å². The third-order valence-electron chi connectivity index (χ3n) is 2.97. The molecule has 1 aromatic rings. The standard InChI is InChI=1S/C10H5ClF5NO3S/c11-10(18)3-1-2-17(3)21(19,20)9-7(15)5(13)4(12)6(14)8(9)16/h3H,1-2H2. The van der Waals surface area contributed by atoms with E-state index in [9.17, 15) is 35.2 Å². The lowest BCUT2D eigenvalue weighted by Gasteiger charge is -2.37. The van der Waals surface area contributed by atoms with Gasteiger partial charge in [0.1, 0.15) is 6.04 Å². The first-order chi connectivity index (χ1) is 9.60. The number of sulfonamides is 1. The Hall–Kier alpha value is -1.26. The summed E-state index contributed by atoms with van der Waals surface area (Å²) in [6, 6.07) is -1.40. The number of benzene rings is 1. The molecule has 1 unspecified atom stereocenters. The van der Waals surface area contributed by atoms with E-state index in [0.717, 1.165) is 0 Å². The van der Waals surface area contributed by atoms with Crippen molar-refractivity contribution in [2.75, 3.05) is 6.54 Å². The predicted octanol–water partition coefficient (Wildman–Crippen LogP) is 1.91. The maximum Gasteiger partial charge on any atom is 0.249 e. The van der Waals surface area contributed by atoms with Gasteiger partial charge < -0.3 is 0 Å². The highest BCUT2D eigenvalue weighted by Gasteiger charge is 2.46. The molecule has 21 heavy (non-hydrogen) atoms. The number of rotatable bonds is 3. The van der Waals surface area contributed by atoms with Crippen LogP contribution in [0, 0.1) is 29.1 Å². The highest BCUT2D eigenvalue weighted by molar-refractivity contribution is 7.89. The van der Waals surface area contributed by atoms with Gasteiger partial charge in [-0.15, -0.1) is 0 Å². The van der Waals surface area contributed by atoms with Gasteiger partial charge in [-0.3, -0.25) is 4.79 Å². The average molecular weight is 350 g/mol. The van der Waals surface area contributed by atoms with E-state index in [0.29, 0.717) is 0 Å². The SMILES string of the molecule is O=C(Cl)C1CCN1S(=O)(=O)c1c(F)c(F)c(F)c(F)c1F. The molecule has 0 bridgehead atoms. The van der Waals surface area contributed by atoms with Crippen LogP contribution in [0.3, 0.4) is 0 Å². The van der Waals surface area contributed by atoms with E-state index in [4.69, 9.17) is 11.6 Å². The van der Waals surface area contributed by atoms with Gasteiger partial charge in [0.25, 0.3) is 0 Å². The highest BCUT2D eigenvalue weighted by Crippen LogP contribution is 2.33. The second kappa shape index (κ2) is 5.18. The molecular formula is C10H5ClF5NO3S. The molecule has 0 saturated carbocycles. The summed E-state index contributed by atoms with van der Waals surface area (Å²) in [4.78, 5) is 8.94. The van der Waals surface area contributed by atoms with E-state index in [1.165, 1.54) is 0 Å². The maximum atomic E-state index is 13.5. The molecule has 0 amide bonds. The summed E-state index contributed by atoms with van der Waals surface area (Å²) >= 11 is 5.09. The van der Waals surface area contributed by atoms with Crippen LogP contribution in [0.25, 0.3) is 0 Å². The molecule has 116 valence electrons. The summed E-state index contributed by atoms with van der Waals surface area (Å²) in [7, 11) is -5.09. The van der Waals surface area contributed by atoms with E-state index in [2.05, 4.69) is 0 Å². The van der Waals surface area contributed by atoms with Gasteiger partial charge in [-0.2, -0.15) is 4.31 Å². The summed E-state index contributed by atoms with van der Waals surface area (Å²) in [6.45, 7) is -0.328. The van der Waals surface area contributed by atoms with Gasteiger partial charge in [0.05, 0.1) is 0 Å². The lowest BCUT2D eigenvalue weighted by molar-refractivity contribution is -0.117. The Morgan fingerprint density at radius 2 is 1.43 bits per heavy atom. The Kier molecular flexibility index (Phi) is 3.98. The van der Waals surface area contributed by atoms with Crippen LogP contribution in [0.15, 0.2) is 4.90 Å². The third kappa shape index (κ3) is 2.30. The van der Waals surface area contributed by atoms with E-state index in [-0.39, 0.29) is 17.3 Å². The van der Waals surface area contributed by atoms with Crippen molar-refractivity contribution in [3.63, 3.8) is 0 Å². The molecule has 4 nitrogen and oxygen atoms in total. The van der Waals surface area contributed by atoms with E-state index < -0.39 is 55.3 Å². The van der Waals surface area contributed by atoms with Crippen LogP contribution in [-0.2, 0) is 14.8 Å². The third-order valence-corrected chi connectivity index (χ3v) is 5.15. The van der Waals surface area contributed by atoms with Crippen molar-refractivity contribution < 1.29 is 35.2 Å². The highest BCUT2D eigenvalue weighted by atomic mass is 35.5. The van der Waals surface area contributed by atoms with Gasteiger partial charge in [-0.05, 0) is 18.0 Å². The van der Waals surface area contributed by atoms with Crippen LogP contribution in [0.4, 0.5) is 22.0 Å². The van der Waals surface area contributed by atoms with Crippen LogP contribution < -0.4 is 0 Å². The molecule has 1 aliphatic rings. The quantitative estimate of drug-likeness (QED) is 0.362. The molecule has 0 aliphatic carbocycles. The molecule has 1 aliphatic heterocycles. The zero-order chi connectivity index (χ0) is 16.1. The minimum atomic E-state index is -5.09. The minimum Gasteiger partial charge on any atom is -0.279 e. The Morgan fingerprint density at radius 1 is 1.00 bits per heavy atom. The number of carbonyl (C=O) groups is 1. The van der Waals surface area contributed by atoms with Crippen LogP contribution >= 0.6 is 11.6 Å². The van der Waals surface area contributed by atoms with Crippen molar-refractivity contribution in [3.05, 3.63) is 29.1 Å². The number of halogens is 6. The summed E-state index contributed by atoms with van der Waals surface area (Å²) in [6.07, 6.45) is -0.0169. The largest absolute Gasteiger partial charge is 0.279 e. The monoisotopic (exact) mass is 349 g/mol. The Balaban J connectivity index is 2.64. The molecule has 1 fully saturated rings. The van der Waals surface area contributed by atoms with Crippen molar-refractivity contribution in [2.24, 2.45) is 0 Å². The Morgan fingerprint density at radius 3 is 1.76 bits per heavy atom. The molecule has 0 spiro atoms. The molecule has 0 aromatic heterocycles. The van der Waals surface area contributed by atoms with E-state index in [1.54, 1.807) is 0 Å². The smallest absolute Gasteiger partial charge is 0.249 e. The van der Waals surface area contributed by atoms with Crippen molar-refractivity contribution in [1.82, 2.24) is 4.31 Å². The molecule has 0 radical (unpaired) electrons. The topological polar surface area (TPSA) is 54.5 Å². The molecule has 11 heteroatoms. The summed E-state index contributed by atoms with van der Waals surface area (Å²) < 4.78 is 90.2. The van der Waals surface area contributed by atoms with Crippen molar-refractivity contribution >= 4 is 26.9 Å². The fraction of sp³-hybridized carbons (Fsp3) is 0.300. The van der Waals surface area contributed by atoms with Crippen molar-refractivity contribution in [1.29, 1.82) is 0 Å². The predicted molar refractivity (Wildman–Crippen MR) is 59.4 cm³/mol. The van der Waals surface area contributed by atoms with Gasteiger partial charge in [0, 0.05) is 6.54 Å². The van der Waals surface area contributed by atoms with E-state index in [1.807, 2.05) is 0 Å². The second-order valence-electron chi connectivity index (χ2n) is 4.12. The van der Waals surface area contributed by atoms with Crippen LogP contribution in [0.1, 0.15) is 6.42 Å². The summed E-state index contributed by atoms with van der Waals surface area (Å²) in [5, 5.41) is -1.12. The zero-order valence-electron chi connectivity index (χ0n) is 9.84. The fourth-order valence-electron chi connectivity index (χ4n) is 1.81. The first-order valence-corrected chi connectivity index (χ1v) is 7.15. The first-order valence-electron chi connectivity index (χ1n) is 5.33. The lowest BCUT2D eigenvalue weighted by Crippen LogP contribution is -2.54. The Labute approximate surface area is 120 Å². The summed E-state index contributed by atoms with van der Waals surface area (Å²) in [5.41, 5.74) is 0. The molecule has 0 N–H and O–H groups in total. The molecule has 1 aromatic carbocycles. The van der Waals surface area contributed by atoms with Crippen molar-refractivity contribution in [2.45, 2.75) is 17.4 Å². The van der Waals surface area contributed by atoms with Gasteiger partial charge in [-0.25, -0.2) is 30.4 Å². The van der Waals surface area contributed by atoms with Crippen LogP contribution in [0.2, 0.25) is 0 Å². The Bertz CT molecular complexity index is 710. The molecule has 2 rings (SSSR count). The molecular weight excluding hydrogens is 345 g/mol. The molecule has 1 saturated heterocycles. The second-order valence-corrected chi connectivity index (χ2v) is 6.32. The minimum absolute atomic E-state index is 0.0169. The molecule has 1 atom stereocenters. The number of hydrogen-bond donors (Lipinski definition) is 0. The van der Waals surface area contributed by atoms with Gasteiger partial charge in [-0.1, -0.05) is 0 Å². The van der Waals surface area contributed by atoms with Crippen LogP contribution in [0.5, 0.6) is 0 Å². The van der Waals surface area contributed by atoms with Gasteiger partial charge in [0.2, 0.25) is 21.1 Å². The first kappa shape index (κ1) is 16.1. The van der Waals surface area contributed by atoms with E-state index >= 15 is 0 Å². The maximum absolute atomic E-state index is 13.5. The van der Waals surface area contributed by atoms with Gasteiger partial charge in [0.15, 0.2) is 28.2 Å². The summed E-state index contributed by atoms with van der Waals surface area (Å²) in [5.74, 6) is -12.2. The van der Waals surface area contributed by atoms with Crippen LogP contribution in [-0.4, -0.2) is 30.6 Å². The normalized spacial score (nSPS) is 19.4. The number of nitrogens with zero attached hydrogens (tertiary/aromatic N) is 1. The molecule has 1 heterocycles. The van der Waals surface area contributed by atoms with Gasteiger partial charge >= 0.3 is 0 Å². The lowest BCUT2D eigenvalue weighted by atomic mass is 10.1. The fourth-order valence-corrected chi connectivity index (χ4v) is 3.84. The number of carbonyl (C=O) groups excluding carboxylic acids is 1. The zero-order valence-corrected chi connectivity index (χ0v) is 11.4.